The minimum absolute atomic E-state index is 0.0490. The summed E-state index contributed by atoms with van der Waals surface area (Å²) < 4.78 is 13.6. The summed E-state index contributed by atoms with van der Waals surface area (Å²) in [6, 6.07) is 29.7. The van der Waals surface area contributed by atoms with E-state index in [0.717, 1.165) is 22.4 Å². The fourth-order valence-corrected chi connectivity index (χ4v) is 5.96. The van der Waals surface area contributed by atoms with E-state index in [1.54, 1.807) is 17.0 Å². The van der Waals surface area contributed by atoms with Gasteiger partial charge in [0.1, 0.15) is 5.82 Å². The number of halogens is 1. The fourth-order valence-electron chi connectivity index (χ4n) is 4.93. The lowest BCUT2D eigenvalue weighted by atomic mass is 9.99. The number of nitrogens with zero attached hydrogens (tertiary/aromatic N) is 2. The Morgan fingerprint density at radius 1 is 0.895 bits per heavy atom. The van der Waals surface area contributed by atoms with Crippen molar-refractivity contribution in [1.29, 1.82) is 0 Å². The molecule has 2 amide bonds. The Labute approximate surface area is 225 Å². The summed E-state index contributed by atoms with van der Waals surface area (Å²) in [6.07, 6.45) is 2.71. The molecule has 0 saturated heterocycles. The summed E-state index contributed by atoms with van der Waals surface area (Å²) in [5.74, 6) is -0.519. The van der Waals surface area contributed by atoms with Crippen LogP contribution in [0.2, 0.25) is 0 Å². The first kappa shape index (κ1) is 24.2. The minimum Gasteiger partial charge on any atom is -0.334 e. The molecule has 0 fully saturated rings. The van der Waals surface area contributed by atoms with Crippen LogP contribution in [0, 0.1) is 5.82 Å². The van der Waals surface area contributed by atoms with Gasteiger partial charge in [-0.15, -0.1) is 0 Å². The number of thioether (sulfide) groups is 1. The third-order valence-corrected chi connectivity index (χ3v) is 8.02. The average molecular weight is 521 g/mol. The van der Waals surface area contributed by atoms with E-state index in [2.05, 4.69) is 12.1 Å². The van der Waals surface area contributed by atoms with Gasteiger partial charge in [0.15, 0.2) is 0 Å². The Balaban J connectivity index is 1.35. The molecule has 0 aromatic heterocycles. The van der Waals surface area contributed by atoms with Crippen LogP contribution in [0.5, 0.6) is 0 Å². The van der Waals surface area contributed by atoms with Crippen molar-refractivity contribution < 1.29 is 14.0 Å². The zero-order chi connectivity index (χ0) is 26.1. The Morgan fingerprint density at radius 3 is 2.42 bits per heavy atom. The number of fused-ring (bicyclic) bond motifs is 2. The monoisotopic (exact) mass is 520 g/mol. The highest BCUT2D eigenvalue weighted by Crippen LogP contribution is 2.43. The second kappa shape index (κ2) is 10.3. The molecule has 0 aliphatic carbocycles. The fraction of sp³-hybridized carbons (Fsp3) is 0.125. The van der Waals surface area contributed by atoms with Crippen molar-refractivity contribution >= 4 is 35.3 Å². The van der Waals surface area contributed by atoms with Crippen molar-refractivity contribution in [3.05, 3.63) is 136 Å². The van der Waals surface area contributed by atoms with Crippen LogP contribution in [0.4, 0.5) is 10.1 Å². The van der Waals surface area contributed by atoms with E-state index in [4.69, 9.17) is 0 Å². The number of hydrogen-bond donors (Lipinski definition) is 0. The first-order valence-corrected chi connectivity index (χ1v) is 13.4. The van der Waals surface area contributed by atoms with Gasteiger partial charge in [-0.1, -0.05) is 78.5 Å². The van der Waals surface area contributed by atoms with Crippen molar-refractivity contribution in [2.24, 2.45) is 0 Å². The van der Waals surface area contributed by atoms with E-state index < -0.39 is 0 Å². The van der Waals surface area contributed by atoms with Gasteiger partial charge in [-0.3, -0.25) is 9.59 Å². The zero-order valence-electron chi connectivity index (χ0n) is 20.6. The summed E-state index contributed by atoms with van der Waals surface area (Å²) in [4.78, 5) is 32.3. The maximum absolute atomic E-state index is 13.8. The molecule has 188 valence electrons. The van der Waals surface area contributed by atoms with Crippen LogP contribution in [0.25, 0.3) is 6.08 Å². The van der Waals surface area contributed by atoms with Gasteiger partial charge in [-0.2, -0.15) is 0 Å². The number of anilines is 1. The Bertz CT molecular complexity index is 1550. The molecule has 0 bridgehead atoms. The molecule has 6 rings (SSSR count). The molecule has 2 heterocycles. The van der Waals surface area contributed by atoms with Crippen molar-refractivity contribution in [2.75, 3.05) is 11.4 Å². The minimum atomic E-state index is -0.324. The summed E-state index contributed by atoms with van der Waals surface area (Å²) >= 11 is 1.41. The van der Waals surface area contributed by atoms with Crippen LogP contribution in [0.1, 0.15) is 32.6 Å². The molecule has 4 nitrogen and oxygen atoms in total. The smallest absolute Gasteiger partial charge is 0.265 e. The summed E-state index contributed by atoms with van der Waals surface area (Å²) in [5.41, 5.74) is 5.44. The van der Waals surface area contributed by atoms with Crippen LogP contribution in [0.15, 0.2) is 107 Å². The van der Waals surface area contributed by atoms with Crippen LogP contribution < -0.4 is 4.90 Å². The molecule has 4 aromatic rings. The predicted molar refractivity (Wildman–Crippen MR) is 149 cm³/mol. The molecule has 6 heteroatoms. The lowest BCUT2D eigenvalue weighted by Crippen LogP contribution is -2.37. The quantitative estimate of drug-likeness (QED) is 0.281. The highest BCUT2D eigenvalue weighted by Gasteiger charge is 2.31. The molecule has 38 heavy (non-hydrogen) atoms. The summed E-state index contributed by atoms with van der Waals surface area (Å²) in [5, 5.41) is 0. The van der Waals surface area contributed by atoms with Gasteiger partial charge >= 0.3 is 0 Å². The van der Waals surface area contributed by atoms with Crippen LogP contribution >= 0.6 is 11.8 Å². The van der Waals surface area contributed by atoms with Crippen molar-refractivity contribution in [3.8, 4) is 0 Å². The second-order valence-electron chi connectivity index (χ2n) is 9.47. The molecule has 0 atom stereocenters. The lowest BCUT2D eigenvalue weighted by Gasteiger charge is -2.32. The average Bonchev–Trinajstić information content (AvgIpc) is 2.96. The van der Waals surface area contributed by atoms with E-state index in [1.165, 1.54) is 35.0 Å². The molecule has 0 N–H and O–H groups in total. The zero-order valence-corrected chi connectivity index (χ0v) is 21.5. The molecule has 0 spiro atoms. The number of carbonyl (C=O) groups excluding carboxylic acids is 2. The van der Waals surface area contributed by atoms with Crippen LogP contribution in [-0.4, -0.2) is 23.3 Å². The first-order chi connectivity index (χ1) is 18.5. The topological polar surface area (TPSA) is 40.6 Å². The first-order valence-electron chi connectivity index (χ1n) is 12.6. The van der Waals surface area contributed by atoms with Crippen molar-refractivity contribution in [2.45, 2.75) is 24.4 Å². The second-order valence-corrected chi connectivity index (χ2v) is 10.6. The van der Waals surface area contributed by atoms with Crippen molar-refractivity contribution in [3.63, 3.8) is 0 Å². The Kier molecular flexibility index (Phi) is 6.56. The standard InChI is InChI=1S/C32H25FN2O2S/c33-27-13-10-23(11-14-27)20-35-28-19-25(31(36)34-17-16-24-8-4-5-9-26(24)21-34)12-15-29(28)38-30(32(35)37)18-22-6-2-1-3-7-22/h1-15,18-19H,16-17,20-21H2. The van der Waals surface area contributed by atoms with Crippen LogP contribution in [-0.2, 0) is 24.3 Å². The van der Waals surface area contributed by atoms with E-state index in [9.17, 15) is 14.0 Å². The molecule has 0 unspecified atom stereocenters. The number of benzene rings is 4. The Morgan fingerprint density at radius 2 is 1.63 bits per heavy atom. The maximum atomic E-state index is 13.8. The predicted octanol–water partition coefficient (Wildman–Crippen LogP) is 6.70. The third-order valence-electron chi connectivity index (χ3n) is 6.94. The highest BCUT2D eigenvalue weighted by molar-refractivity contribution is 8.04. The molecule has 4 aromatic carbocycles. The maximum Gasteiger partial charge on any atom is 0.265 e. The lowest BCUT2D eigenvalue weighted by molar-refractivity contribution is -0.114. The molecule has 2 aliphatic heterocycles. The number of amides is 2. The molecular weight excluding hydrogens is 495 g/mol. The summed E-state index contributed by atoms with van der Waals surface area (Å²) in [6.45, 7) is 1.50. The number of carbonyl (C=O) groups is 2. The SMILES string of the molecule is O=C(c1ccc2c(c1)N(Cc1ccc(F)cc1)C(=O)C(=Cc1ccccc1)S2)N1CCc2ccccc2C1. The van der Waals surface area contributed by atoms with Gasteiger partial charge in [-0.05, 0) is 65.1 Å². The van der Waals surface area contributed by atoms with E-state index >= 15 is 0 Å². The van der Waals surface area contributed by atoms with Gasteiger partial charge in [0, 0.05) is 23.5 Å². The van der Waals surface area contributed by atoms with E-state index in [-0.39, 0.29) is 24.2 Å². The van der Waals surface area contributed by atoms with E-state index in [1.807, 2.05) is 71.6 Å². The normalized spacial score (nSPS) is 15.8. The molecular formula is C32H25FN2O2S. The van der Waals surface area contributed by atoms with Gasteiger partial charge in [0.2, 0.25) is 0 Å². The van der Waals surface area contributed by atoms with Gasteiger partial charge in [-0.25, -0.2) is 4.39 Å². The van der Waals surface area contributed by atoms with Gasteiger partial charge < -0.3 is 9.80 Å². The molecule has 2 aliphatic rings. The largest absolute Gasteiger partial charge is 0.334 e. The highest BCUT2D eigenvalue weighted by atomic mass is 32.2. The van der Waals surface area contributed by atoms with Gasteiger partial charge in [0.05, 0.1) is 17.1 Å². The number of rotatable bonds is 4. The summed E-state index contributed by atoms with van der Waals surface area (Å²) in [7, 11) is 0. The molecule has 0 saturated carbocycles. The Hall–Kier alpha value is -4.16. The van der Waals surface area contributed by atoms with Crippen molar-refractivity contribution in [1.82, 2.24) is 4.90 Å². The van der Waals surface area contributed by atoms with Crippen LogP contribution in [0.3, 0.4) is 0 Å². The van der Waals surface area contributed by atoms with E-state index in [0.29, 0.717) is 29.2 Å². The van der Waals surface area contributed by atoms with Gasteiger partial charge in [0.25, 0.3) is 11.8 Å². The number of hydrogen-bond acceptors (Lipinski definition) is 3. The molecule has 0 radical (unpaired) electrons. The third kappa shape index (κ3) is 4.87.